The number of nitrogens with zero attached hydrogens (tertiary/aromatic N) is 3. The molecular weight excluding hydrogens is 514 g/mol. The second kappa shape index (κ2) is 12.2. The number of ether oxygens (including phenoxy) is 1. The predicted molar refractivity (Wildman–Crippen MR) is 148 cm³/mol. The van der Waals surface area contributed by atoms with Gasteiger partial charge in [-0.3, -0.25) is 4.57 Å². The number of methoxy groups -OCH3 is 1. The Morgan fingerprint density at radius 2 is 1.89 bits per heavy atom. The van der Waals surface area contributed by atoms with Gasteiger partial charge in [-0.1, -0.05) is 41.6 Å². The van der Waals surface area contributed by atoms with E-state index in [-0.39, 0.29) is 12.6 Å². The fourth-order valence-electron chi connectivity index (χ4n) is 3.49. The lowest BCUT2D eigenvalue weighted by molar-refractivity contribution is 0.251. The highest BCUT2D eigenvalue weighted by molar-refractivity contribution is 7.98. The van der Waals surface area contributed by atoms with Gasteiger partial charge in [-0.2, -0.15) is 0 Å². The van der Waals surface area contributed by atoms with Gasteiger partial charge in [0.15, 0.2) is 11.0 Å². The summed E-state index contributed by atoms with van der Waals surface area (Å²) < 4.78 is 7.28. The molecule has 0 saturated carbocycles. The number of aromatic nitrogens is 3. The Labute approximate surface area is 224 Å². The van der Waals surface area contributed by atoms with Gasteiger partial charge in [-0.25, -0.2) is 4.79 Å². The van der Waals surface area contributed by atoms with Crippen LogP contribution in [0.15, 0.2) is 76.8 Å². The molecule has 0 fully saturated rings. The quantitative estimate of drug-likeness (QED) is 0.234. The highest BCUT2D eigenvalue weighted by Gasteiger charge is 2.17. The molecule has 36 heavy (non-hydrogen) atoms. The lowest BCUT2D eigenvalue weighted by atomic mass is 10.2. The highest BCUT2D eigenvalue weighted by Crippen LogP contribution is 2.29. The minimum absolute atomic E-state index is 0.188. The minimum Gasteiger partial charge on any atom is -0.497 e. The lowest BCUT2D eigenvalue weighted by Crippen LogP contribution is -2.29. The van der Waals surface area contributed by atoms with Crippen LogP contribution >= 0.6 is 35.1 Å². The smallest absolute Gasteiger partial charge is 0.319 e. The van der Waals surface area contributed by atoms with Crippen molar-refractivity contribution in [3.05, 3.63) is 88.7 Å². The van der Waals surface area contributed by atoms with E-state index in [1.54, 1.807) is 30.6 Å². The van der Waals surface area contributed by atoms with E-state index < -0.39 is 0 Å². The molecule has 1 aromatic heterocycles. The number of aryl methyl sites for hydroxylation is 1. The molecule has 3 aromatic carbocycles. The minimum atomic E-state index is -0.324. The van der Waals surface area contributed by atoms with Crippen LogP contribution in [0.2, 0.25) is 5.02 Å². The van der Waals surface area contributed by atoms with Crippen molar-refractivity contribution in [1.29, 1.82) is 0 Å². The number of thioether (sulfide) groups is 2. The predicted octanol–water partition coefficient (Wildman–Crippen LogP) is 6.57. The summed E-state index contributed by atoms with van der Waals surface area (Å²) in [5, 5.41) is 15.9. The first-order chi connectivity index (χ1) is 17.5. The third-order valence-electron chi connectivity index (χ3n) is 5.37. The Bertz CT molecular complexity index is 1340. The zero-order valence-corrected chi connectivity index (χ0v) is 22.5. The Morgan fingerprint density at radius 3 is 2.64 bits per heavy atom. The largest absolute Gasteiger partial charge is 0.497 e. The molecule has 186 valence electrons. The van der Waals surface area contributed by atoms with Crippen molar-refractivity contribution in [1.82, 2.24) is 20.1 Å². The first-order valence-electron chi connectivity index (χ1n) is 11.1. The van der Waals surface area contributed by atoms with E-state index in [0.29, 0.717) is 27.4 Å². The summed E-state index contributed by atoms with van der Waals surface area (Å²) in [6, 6.07) is 20.9. The van der Waals surface area contributed by atoms with Crippen LogP contribution in [0.4, 0.5) is 10.5 Å². The number of benzene rings is 3. The summed E-state index contributed by atoms with van der Waals surface area (Å²) in [5.74, 6) is 2.08. The molecule has 0 unspecified atom stereocenters. The Morgan fingerprint density at radius 1 is 1.08 bits per heavy atom. The van der Waals surface area contributed by atoms with Crippen LogP contribution in [-0.4, -0.2) is 34.2 Å². The molecule has 7 nitrogen and oxygen atoms in total. The normalized spacial score (nSPS) is 10.8. The van der Waals surface area contributed by atoms with Gasteiger partial charge in [-0.05, 0) is 72.8 Å². The number of carbonyl (C=O) groups is 1. The number of amides is 2. The Hall–Kier alpha value is -3.14. The summed E-state index contributed by atoms with van der Waals surface area (Å²) in [6.45, 7) is 2.19. The van der Waals surface area contributed by atoms with E-state index in [0.717, 1.165) is 27.5 Å². The molecule has 0 aliphatic heterocycles. The second-order valence-electron chi connectivity index (χ2n) is 7.84. The van der Waals surface area contributed by atoms with Crippen LogP contribution in [0.1, 0.15) is 17.0 Å². The van der Waals surface area contributed by atoms with Gasteiger partial charge in [0, 0.05) is 21.4 Å². The van der Waals surface area contributed by atoms with Crippen molar-refractivity contribution >= 4 is 46.8 Å². The Kier molecular flexibility index (Phi) is 8.79. The second-order valence-corrected chi connectivity index (χ2v) is 10.1. The molecule has 0 spiro atoms. The monoisotopic (exact) mass is 539 g/mol. The van der Waals surface area contributed by atoms with E-state index in [9.17, 15) is 4.79 Å². The van der Waals surface area contributed by atoms with Crippen molar-refractivity contribution in [2.45, 2.75) is 29.3 Å². The maximum atomic E-state index is 12.6. The Balaban J connectivity index is 1.53. The average Bonchev–Trinajstić information content (AvgIpc) is 3.30. The molecule has 0 bridgehead atoms. The van der Waals surface area contributed by atoms with Crippen LogP contribution < -0.4 is 15.4 Å². The van der Waals surface area contributed by atoms with Crippen LogP contribution in [0.25, 0.3) is 5.69 Å². The van der Waals surface area contributed by atoms with E-state index in [4.69, 9.17) is 16.3 Å². The van der Waals surface area contributed by atoms with E-state index in [1.807, 2.05) is 84.5 Å². The molecule has 0 radical (unpaired) electrons. The molecule has 2 N–H and O–H groups in total. The number of nitrogens with one attached hydrogen (secondary N) is 2. The third-order valence-corrected chi connectivity index (χ3v) is 7.35. The van der Waals surface area contributed by atoms with Gasteiger partial charge >= 0.3 is 6.03 Å². The SMILES string of the molecule is COc1cccc(CSc2nnc(CNC(=O)Nc3ccc(SC)cc3)n2-c2cc(Cl)ccc2C)c1. The first kappa shape index (κ1) is 25.9. The highest BCUT2D eigenvalue weighted by atomic mass is 35.5. The molecular formula is C26H26ClN5O2S2. The molecule has 4 rings (SSSR count). The van der Waals surface area contributed by atoms with E-state index in [2.05, 4.69) is 20.8 Å². The molecule has 0 aliphatic carbocycles. The average molecular weight is 540 g/mol. The number of carbonyl (C=O) groups excluding carboxylic acids is 1. The number of hydrogen-bond donors (Lipinski definition) is 2. The number of anilines is 1. The third kappa shape index (κ3) is 6.54. The fraction of sp³-hybridized carbons (Fsp3) is 0.192. The molecule has 4 aromatic rings. The van der Waals surface area contributed by atoms with Gasteiger partial charge in [0.05, 0.1) is 19.3 Å². The summed E-state index contributed by atoms with van der Waals surface area (Å²) in [4.78, 5) is 13.7. The summed E-state index contributed by atoms with van der Waals surface area (Å²) in [5.41, 5.74) is 3.70. The van der Waals surface area contributed by atoms with Crippen molar-refractivity contribution in [3.8, 4) is 11.4 Å². The lowest BCUT2D eigenvalue weighted by Gasteiger charge is -2.14. The summed E-state index contributed by atoms with van der Waals surface area (Å²) in [6.07, 6.45) is 2.01. The molecule has 0 aliphatic rings. The van der Waals surface area contributed by atoms with Gasteiger partial charge in [-0.15, -0.1) is 22.0 Å². The van der Waals surface area contributed by atoms with E-state index in [1.165, 1.54) is 0 Å². The summed E-state index contributed by atoms with van der Waals surface area (Å²) >= 11 is 9.53. The maximum absolute atomic E-state index is 12.6. The van der Waals surface area contributed by atoms with Gasteiger partial charge in [0.2, 0.25) is 0 Å². The number of hydrogen-bond acceptors (Lipinski definition) is 6. The van der Waals surface area contributed by atoms with Crippen LogP contribution in [0.5, 0.6) is 5.75 Å². The van der Waals surface area contributed by atoms with Gasteiger partial charge in [0.1, 0.15) is 5.75 Å². The number of rotatable bonds is 9. The molecule has 10 heteroatoms. The fourth-order valence-corrected chi connectivity index (χ4v) is 4.97. The van der Waals surface area contributed by atoms with Gasteiger partial charge < -0.3 is 15.4 Å². The van der Waals surface area contributed by atoms with Crippen LogP contribution in [0, 0.1) is 6.92 Å². The molecule has 0 atom stereocenters. The molecule has 1 heterocycles. The van der Waals surface area contributed by atoms with Crippen molar-refractivity contribution < 1.29 is 9.53 Å². The maximum Gasteiger partial charge on any atom is 0.319 e. The zero-order valence-electron chi connectivity index (χ0n) is 20.1. The first-order valence-corrected chi connectivity index (χ1v) is 13.7. The van der Waals surface area contributed by atoms with E-state index >= 15 is 0 Å². The summed E-state index contributed by atoms with van der Waals surface area (Å²) in [7, 11) is 1.65. The van der Waals surface area contributed by atoms with Crippen LogP contribution in [-0.2, 0) is 12.3 Å². The number of urea groups is 1. The molecule has 2 amide bonds. The van der Waals surface area contributed by atoms with Crippen molar-refractivity contribution in [3.63, 3.8) is 0 Å². The zero-order chi connectivity index (χ0) is 25.5. The standard InChI is InChI=1S/C26H26ClN5O2S2/c1-17-7-8-19(27)14-23(17)32-24(15-28-25(33)29-20-9-11-22(35-3)12-10-20)30-31-26(32)36-16-18-5-4-6-21(13-18)34-2/h4-14H,15-16H2,1-3H3,(H2,28,29,33). The van der Waals surface area contributed by atoms with Crippen molar-refractivity contribution in [2.24, 2.45) is 0 Å². The number of halogens is 1. The van der Waals surface area contributed by atoms with Gasteiger partial charge in [0.25, 0.3) is 0 Å². The topological polar surface area (TPSA) is 81.1 Å². The van der Waals surface area contributed by atoms with Crippen LogP contribution in [0.3, 0.4) is 0 Å². The molecule has 0 saturated heterocycles. The van der Waals surface area contributed by atoms with Crippen molar-refractivity contribution in [2.75, 3.05) is 18.7 Å².